The summed E-state index contributed by atoms with van der Waals surface area (Å²) >= 11 is 0. The molecule has 2 aliphatic heterocycles. The number of carbonyl (C=O) groups is 3. The first-order chi connectivity index (χ1) is 14.2. The number of benzene rings is 1. The second-order valence-corrected chi connectivity index (χ2v) is 8.31. The van der Waals surface area contributed by atoms with Crippen molar-refractivity contribution in [2.75, 3.05) is 13.2 Å². The maximum absolute atomic E-state index is 12.8. The Hall–Kier alpha value is -2.65. The van der Waals surface area contributed by atoms with Gasteiger partial charge in [0.2, 0.25) is 5.91 Å². The van der Waals surface area contributed by atoms with Crippen LogP contribution in [0.15, 0.2) is 30.3 Å². The van der Waals surface area contributed by atoms with Crippen molar-refractivity contribution >= 4 is 18.1 Å². The second kappa shape index (κ2) is 9.01. The van der Waals surface area contributed by atoms with Crippen LogP contribution in [0.25, 0.3) is 0 Å². The van der Waals surface area contributed by atoms with Crippen molar-refractivity contribution < 1.29 is 33.3 Å². The largest absolute Gasteiger partial charge is 0.445 e. The lowest BCUT2D eigenvalue weighted by Gasteiger charge is -2.49. The molecular weight excluding hydrogens is 392 g/mol. The summed E-state index contributed by atoms with van der Waals surface area (Å²) in [6.07, 6.45) is -2.17. The van der Waals surface area contributed by atoms with E-state index in [0.29, 0.717) is 13.2 Å². The maximum Gasteiger partial charge on any atom is 0.417 e. The fourth-order valence-electron chi connectivity index (χ4n) is 3.47. The summed E-state index contributed by atoms with van der Waals surface area (Å²) in [5.74, 6) is -1.16. The molecule has 2 aliphatic rings. The molecule has 30 heavy (non-hydrogen) atoms. The number of imide groups is 1. The highest BCUT2D eigenvalue weighted by Crippen LogP contribution is 2.36. The number of ether oxygens (including phenoxy) is 4. The molecule has 1 N–H and O–H groups in total. The van der Waals surface area contributed by atoms with E-state index in [1.807, 2.05) is 30.3 Å². The number of amides is 3. The smallest absolute Gasteiger partial charge is 0.417 e. The Kier molecular flexibility index (Phi) is 6.62. The number of nitrogens with zero attached hydrogens (tertiary/aromatic N) is 1. The third kappa shape index (κ3) is 5.09. The topological polar surface area (TPSA) is 103 Å². The Labute approximate surface area is 175 Å². The van der Waals surface area contributed by atoms with E-state index in [1.54, 1.807) is 27.7 Å². The van der Waals surface area contributed by atoms with Gasteiger partial charge in [-0.1, -0.05) is 30.3 Å². The molecule has 1 aromatic carbocycles. The van der Waals surface area contributed by atoms with Crippen LogP contribution in [-0.4, -0.2) is 60.2 Å². The minimum Gasteiger partial charge on any atom is -0.445 e. The Morgan fingerprint density at radius 2 is 1.83 bits per heavy atom. The first kappa shape index (κ1) is 22.0. The van der Waals surface area contributed by atoms with Gasteiger partial charge in [0.1, 0.15) is 18.2 Å². The van der Waals surface area contributed by atoms with Gasteiger partial charge in [0.25, 0.3) is 0 Å². The fourth-order valence-corrected chi connectivity index (χ4v) is 3.47. The number of alkyl carbamates (subject to hydrolysis) is 1. The summed E-state index contributed by atoms with van der Waals surface area (Å²) in [6, 6.07) is 7.97. The van der Waals surface area contributed by atoms with Crippen molar-refractivity contribution in [2.45, 2.75) is 58.3 Å². The van der Waals surface area contributed by atoms with Crippen molar-refractivity contribution in [1.82, 2.24) is 10.2 Å². The molecule has 2 saturated heterocycles. The van der Waals surface area contributed by atoms with Crippen LogP contribution >= 0.6 is 0 Å². The molecule has 1 aromatic rings. The zero-order valence-corrected chi connectivity index (χ0v) is 17.6. The maximum atomic E-state index is 12.8. The molecule has 0 aromatic heterocycles. The van der Waals surface area contributed by atoms with Gasteiger partial charge >= 0.3 is 12.2 Å². The number of rotatable bonds is 5. The lowest BCUT2D eigenvalue weighted by atomic mass is 9.81. The molecule has 0 saturated carbocycles. The normalized spacial score (nSPS) is 22.9. The summed E-state index contributed by atoms with van der Waals surface area (Å²) in [4.78, 5) is 38.5. The van der Waals surface area contributed by atoms with Crippen molar-refractivity contribution in [3.63, 3.8) is 0 Å². The monoisotopic (exact) mass is 420 g/mol. The first-order valence-electron chi connectivity index (χ1n) is 9.94. The highest BCUT2D eigenvalue weighted by molar-refractivity contribution is 6.00. The number of carbonyl (C=O) groups excluding carboxylic acids is 3. The average molecular weight is 420 g/mol. The van der Waals surface area contributed by atoms with Crippen molar-refractivity contribution in [3.8, 4) is 0 Å². The summed E-state index contributed by atoms with van der Waals surface area (Å²) in [7, 11) is 0. The predicted molar refractivity (Wildman–Crippen MR) is 105 cm³/mol. The van der Waals surface area contributed by atoms with E-state index >= 15 is 0 Å². The van der Waals surface area contributed by atoms with Crippen LogP contribution in [-0.2, 0) is 30.3 Å². The van der Waals surface area contributed by atoms with Crippen LogP contribution in [0.2, 0.25) is 0 Å². The predicted octanol–water partition coefficient (Wildman–Crippen LogP) is 2.44. The minimum atomic E-state index is -0.759. The van der Waals surface area contributed by atoms with Gasteiger partial charge in [-0.2, -0.15) is 0 Å². The molecule has 0 spiro atoms. The lowest BCUT2D eigenvalue weighted by Crippen LogP contribution is -2.72. The van der Waals surface area contributed by atoms with Crippen LogP contribution in [0.4, 0.5) is 9.59 Å². The van der Waals surface area contributed by atoms with E-state index < -0.39 is 48.0 Å². The van der Waals surface area contributed by atoms with Crippen LogP contribution in [0.3, 0.4) is 0 Å². The molecule has 0 radical (unpaired) electrons. The van der Waals surface area contributed by atoms with Gasteiger partial charge in [0, 0.05) is 6.04 Å². The van der Waals surface area contributed by atoms with Crippen LogP contribution in [0, 0.1) is 5.92 Å². The van der Waals surface area contributed by atoms with Crippen molar-refractivity contribution in [2.24, 2.45) is 5.92 Å². The first-order valence-corrected chi connectivity index (χ1v) is 9.94. The number of nitrogens with one attached hydrogen (secondary N) is 1. The number of likely N-dealkylation sites (tertiary alicyclic amines) is 1. The quantitative estimate of drug-likeness (QED) is 0.730. The third-order valence-electron chi connectivity index (χ3n) is 4.80. The van der Waals surface area contributed by atoms with E-state index in [1.165, 1.54) is 0 Å². The highest BCUT2D eigenvalue weighted by atomic mass is 16.7. The van der Waals surface area contributed by atoms with Crippen molar-refractivity contribution in [3.05, 3.63) is 35.9 Å². The molecule has 2 fully saturated rings. The number of hydrogen-bond acceptors (Lipinski definition) is 7. The van der Waals surface area contributed by atoms with E-state index in [0.717, 1.165) is 10.5 Å². The van der Waals surface area contributed by atoms with E-state index in [-0.39, 0.29) is 6.61 Å². The van der Waals surface area contributed by atoms with Gasteiger partial charge in [0.15, 0.2) is 6.29 Å². The number of β-lactam (4-membered cyclic amide) rings is 1. The molecular formula is C21H28N2O7. The minimum absolute atomic E-state index is 0.111. The zero-order valence-electron chi connectivity index (χ0n) is 17.6. The van der Waals surface area contributed by atoms with E-state index in [2.05, 4.69) is 5.32 Å². The third-order valence-corrected chi connectivity index (χ3v) is 4.80. The van der Waals surface area contributed by atoms with Gasteiger partial charge in [-0.15, -0.1) is 0 Å². The second-order valence-electron chi connectivity index (χ2n) is 8.31. The van der Waals surface area contributed by atoms with Crippen LogP contribution < -0.4 is 5.32 Å². The van der Waals surface area contributed by atoms with Crippen LogP contribution in [0.5, 0.6) is 0 Å². The summed E-state index contributed by atoms with van der Waals surface area (Å²) < 4.78 is 21.6. The molecule has 3 atom stereocenters. The Bertz CT molecular complexity index is 771. The summed E-state index contributed by atoms with van der Waals surface area (Å²) in [5.41, 5.74) is 0.0944. The molecule has 9 nitrogen and oxygen atoms in total. The van der Waals surface area contributed by atoms with Gasteiger partial charge < -0.3 is 24.3 Å². The van der Waals surface area contributed by atoms with Gasteiger partial charge in [0.05, 0.1) is 19.1 Å². The Morgan fingerprint density at radius 1 is 1.20 bits per heavy atom. The van der Waals surface area contributed by atoms with Crippen LogP contribution in [0.1, 0.15) is 33.3 Å². The zero-order chi connectivity index (χ0) is 21.9. The molecule has 2 heterocycles. The Balaban J connectivity index is 1.63. The lowest BCUT2D eigenvalue weighted by molar-refractivity contribution is -0.184. The molecule has 0 bridgehead atoms. The molecule has 3 rings (SSSR count). The fraction of sp³-hybridized carbons (Fsp3) is 0.571. The Morgan fingerprint density at radius 3 is 2.43 bits per heavy atom. The molecule has 164 valence electrons. The number of hydrogen-bond donors (Lipinski definition) is 1. The molecule has 0 aliphatic carbocycles. The van der Waals surface area contributed by atoms with Gasteiger partial charge in [-0.3, -0.25) is 4.79 Å². The average Bonchev–Trinajstić information content (AvgIpc) is 3.17. The summed E-state index contributed by atoms with van der Waals surface area (Å²) in [5, 5.41) is 2.67. The van der Waals surface area contributed by atoms with E-state index in [9.17, 15) is 14.4 Å². The van der Waals surface area contributed by atoms with Gasteiger partial charge in [-0.05, 0) is 33.3 Å². The van der Waals surface area contributed by atoms with E-state index in [4.69, 9.17) is 18.9 Å². The molecule has 9 heteroatoms. The molecule has 0 unspecified atom stereocenters. The summed E-state index contributed by atoms with van der Waals surface area (Å²) in [6.45, 7) is 7.68. The SMILES string of the molecule is C[C@H](NC(=O)OCc1ccccc1)[C@H]1C(=O)N(C(=O)OC(C)(C)C)[C@@H]1C1OCCO1. The standard InChI is InChI=1S/C21H28N2O7/c1-13(22-19(25)29-12-14-8-6-5-7-9-14)15-16(18-27-10-11-28-18)23(17(15)24)20(26)30-21(2,3)4/h5-9,13,15-16,18H,10-12H2,1-4H3,(H,22,25)/t13-,15+,16-/m0/s1. The van der Waals surface area contributed by atoms with Crippen molar-refractivity contribution in [1.29, 1.82) is 0 Å². The highest BCUT2D eigenvalue weighted by Gasteiger charge is 2.59. The van der Waals surface area contributed by atoms with Gasteiger partial charge in [-0.25, -0.2) is 14.5 Å². The molecule has 3 amide bonds.